The summed E-state index contributed by atoms with van der Waals surface area (Å²) in [4.78, 5) is 12.1. The van der Waals surface area contributed by atoms with Crippen LogP contribution in [0.1, 0.15) is 24.2 Å². The molecule has 0 radical (unpaired) electrons. The fourth-order valence-electron chi connectivity index (χ4n) is 1.09. The number of Topliss-reactive ketones (excluding diaryl/α,β-unsaturated/α-hetero) is 1. The SMILES string of the molecule is CC(=O)c1ccccc1SCC(C)F. The smallest absolute Gasteiger partial charge is 0.160 e. The van der Waals surface area contributed by atoms with Gasteiger partial charge in [-0.05, 0) is 19.9 Å². The summed E-state index contributed by atoms with van der Waals surface area (Å²) < 4.78 is 12.6. The second-order valence-electron chi connectivity index (χ2n) is 3.14. The van der Waals surface area contributed by atoms with Crippen LogP contribution in [0.15, 0.2) is 29.2 Å². The monoisotopic (exact) mass is 212 g/mol. The molecular weight excluding hydrogens is 199 g/mol. The van der Waals surface area contributed by atoms with Gasteiger partial charge in [0.15, 0.2) is 5.78 Å². The molecule has 0 aliphatic rings. The van der Waals surface area contributed by atoms with Crippen LogP contribution in [-0.2, 0) is 0 Å². The lowest BCUT2D eigenvalue weighted by molar-refractivity contribution is 0.101. The topological polar surface area (TPSA) is 17.1 Å². The maximum absolute atomic E-state index is 12.6. The lowest BCUT2D eigenvalue weighted by Gasteiger charge is -2.06. The van der Waals surface area contributed by atoms with Crippen LogP contribution in [0.3, 0.4) is 0 Å². The first-order chi connectivity index (χ1) is 6.61. The number of carbonyl (C=O) groups is 1. The van der Waals surface area contributed by atoms with Gasteiger partial charge in [-0.15, -0.1) is 11.8 Å². The number of halogens is 1. The van der Waals surface area contributed by atoms with Crippen LogP contribution in [0, 0.1) is 0 Å². The number of hydrogen-bond donors (Lipinski definition) is 0. The number of benzene rings is 1. The lowest BCUT2D eigenvalue weighted by Crippen LogP contribution is -1.99. The number of thioether (sulfide) groups is 1. The van der Waals surface area contributed by atoms with Gasteiger partial charge < -0.3 is 0 Å². The molecule has 1 aromatic carbocycles. The number of hydrogen-bond acceptors (Lipinski definition) is 2. The predicted octanol–water partition coefficient (Wildman–Crippen LogP) is 3.34. The van der Waals surface area contributed by atoms with E-state index in [2.05, 4.69) is 0 Å². The molecule has 0 fully saturated rings. The summed E-state index contributed by atoms with van der Waals surface area (Å²) in [6.45, 7) is 3.04. The molecule has 0 aromatic heterocycles. The summed E-state index contributed by atoms with van der Waals surface area (Å²) in [5.41, 5.74) is 0.679. The fourth-order valence-corrected chi connectivity index (χ4v) is 2.04. The van der Waals surface area contributed by atoms with E-state index in [9.17, 15) is 9.18 Å². The Morgan fingerprint density at radius 1 is 1.50 bits per heavy atom. The number of alkyl halides is 1. The van der Waals surface area contributed by atoms with Gasteiger partial charge in [-0.25, -0.2) is 4.39 Å². The summed E-state index contributed by atoms with van der Waals surface area (Å²) in [6.07, 6.45) is -0.847. The lowest BCUT2D eigenvalue weighted by atomic mass is 10.1. The molecule has 0 N–H and O–H groups in total. The summed E-state index contributed by atoms with van der Waals surface area (Å²) in [7, 11) is 0. The highest BCUT2D eigenvalue weighted by Crippen LogP contribution is 2.24. The molecule has 0 saturated heterocycles. The molecule has 0 aliphatic heterocycles. The zero-order valence-electron chi connectivity index (χ0n) is 8.29. The van der Waals surface area contributed by atoms with E-state index in [4.69, 9.17) is 0 Å². The van der Waals surface area contributed by atoms with Crippen LogP contribution in [0.5, 0.6) is 0 Å². The standard InChI is InChI=1S/C11H13FOS/c1-8(12)7-14-11-6-4-3-5-10(11)9(2)13/h3-6,8H,7H2,1-2H3. The Bertz CT molecular complexity index is 323. The van der Waals surface area contributed by atoms with Crippen molar-refractivity contribution in [2.75, 3.05) is 5.75 Å². The molecule has 3 heteroatoms. The first-order valence-corrected chi connectivity index (χ1v) is 5.46. The molecule has 1 atom stereocenters. The Balaban J connectivity index is 2.79. The largest absolute Gasteiger partial charge is 0.294 e. The van der Waals surface area contributed by atoms with Gasteiger partial charge in [0.25, 0.3) is 0 Å². The molecule has 0 heterocycles. The van der Waals surface area contributed by atoms with Crippen LogP contribution in [0.25, 0.3) is 0 Å². The summed E-state index contributed by atoms with van der Waals surface area (Å²) in [5, 5.41) is 0. The van der Waals surface area contributed by atoms with Crippen molar-refractivity contribution in [2.45, 2.75) is 24.9 Å². The van der Waals surface area contributed by atoms with Crippen LogP contribution in [-0.4, -0.2) is 17.7 Å². The molecule has 1 nitrogen and oxygen atoms in total. The van der Waals surface area contributed by atoms with Crippen molar-refractivity contribution in [3.05, 3.63) is 29.8 Å². The Morgan fingerprint density at radius 2 is 2.14 bits per heavy atom. The Hall–Kier alpha value is -0.830. The third-order valence-corrected chi connectivity index (χ3v) is 3.03. The molecule has 14 heavy (non-hydrogen) atoms. The zero-order valence-corrected chi connectivity index (χ0v) is 9.10. The van der Waals surface area contributed by atoms with Gasteiger partial charge in [0.1, 0.15) is 6.17 Å². The van der Waals surface area contributed by atoms with Crippen LogP contribution >= 0.6 is 11.8 Å². The summed E-state index contributed by atoms with van der Waals surface area (Å²) in [6, 6.07) is 7.30. The second kappa shape index (κ2) is 5.15. The van der Waals surface area contributed by atoms with E-state index in [-0.39, 0.29) is 5.78 Å². The second-order valence-corrected chi connectivity index (χ2v) is 4.21. The van der Waals surface area contributed by atoms with Gasteiger partial charge >= 0.3 is 0 Å². The van der Waals surface area contributed by atoms with Crippen molar-refractivity contribution in [3.8, 4) is 0 Å². The first kappa shape index (κ1) is 11.2. The maximum atomic E-state index is 12.6. The predicted molar refractivity (Wildman–Crippen MR) is 57.7 cm³/mol. The molecule has 0 saturated carbocycles. The molecule has 0 bridgehead atoms. The molecule has 0 spiro atoms. The van der Waals surface area contributed by atoms with Crippen molar-refractivity contribution in [3.63, 3.8) is 0 Å². The van der Waals surface area contributed by atoms with Crippen molar-refractivity contribution >= 4 is 17.5 Å². The molecule has 1 unspecified atom stereocenters. The molecule has 1 aromatic rings. The van der Waals surface area contributed by atoms with Gasteiger partial charge in [-0.1, -0.05) is 18.2 Å². The minimum atomic E-state index is -0.847. The Morgan fingerprint density at radius 3 is 2.71 bits per heavy atom. The number of rotatable bonds is 4. The molecule has 76 valence electrons. The van der Waals surface area contributed by atoms with Crippen LogP contribution in [0.4, 0.5) is 4.39 Å². The fraction of sp³-hybridized carbons (Fsp3) is 0.364. The highest BCUT2D eigenvalue weighted by molar-refractivity contribution is 7.99. The molecule has 0 amide bonds. The molecular formula is C11H13FOS. The van der Waals surface area contributed by atoms with Gasteiger partial charge in [0.05, 0.1) is 0 Å². The van der Waals surface area contributed by atoms with E-state index in [1.807, 2.05) is 18.2 Å². The van der Waals surface area contributed by atoms with Crippen molar-refractivity contribution in [1.29, 1.82) is 0 Å². The highest BCUT2D eigenvalue weighted by atomic mass is 32.2. The van der Waals surface area contributed by atoms with Gasteiger partial charge in [-0.3, -0.25) is 4.79 Å². The van der Waals surface area contributed by atoms with E-state index >= 15 is 0 Å². The maximum Gasteiger partial charge on any atom is 0.160 e. The summed E-state index contributed by atoms with van der Waals surface area (Å²) in [5.74, 6) is 0.421. The molecule has 1 rings (SSSR count). The quantitative estimate of drug-likeness (QED) is 0.562. The minimum Gasteiger partial charge on any atom is -0.294 e. The Kier molecular flexibility index (Phi) is 4.14. The third-order valence-electron chi connectivity index (χ3n) is 1.73. The number of ketones is 1. The van der Waals surface area contributed by atoms with Gasteiger partial charge in [0, 0.05) is 16.2 Å². The van der Waals surface area contributed by atoms with Crippen LogP contribution < -0.4 is 0 Å². The van der Waals surface area contributed by atoms with E-state index in [0.717, 1.165) is 4.90 Å². The molecule has 0 aliphatic carbocycles. The van der Waals surface area contributed by atoms with E-state index in [1.165, 1.54) is 25.6 Å². The minimum absolute atomic E-state index is 0.0274. The van der Waals surface area contributed by atoms with Crippen LogP contribution in [0.2, 0.25) is 0 Å². The van der Waals surface area contributed by atoms with E-state index in [0.29, 0.717) is 11.3 Å². The van der Waals surface area contributed by atoms with Gasteiger partial charge in [0.2, 0.25) is 0 Å². The average molecular weight is 212 g/mol. The normalized spacial score (nSPS) is 12.5. The van der Waals surface area contributed by atoms with Gasteiger partial charge in [-0.2, -0.15) is 0 Å². The third kappa shape index (κ3) is 3.14. The van der Waals surface area contributed by atoms with E-state index < -0.39 is 6.17 Å². The zero-order chi connectivity index (χ0) is 10.6. The van der Waals surface area contributed by atoms with Crippen molar-refractivity contribution in [1.82, 2.24) is 0 Å². The first-order valence-electron chi connectivity index (χ1n) is 4.48. The Labute approximate surface area is 87.7 Å². The number of carbonyl (C=O) groups excluding carboxylic acids is 1. The average Bonchev–Trinajstić information content (AvgIpc) is 2.15. The highest BCUT2D eigenvalue weighted by Gasteiger charge is 2.07. The van der Waals surface area contributed by atoms with Crippen molar-refractivity contribution in [2.24, 2.45) is 0 Å². The summed E-state index contributed by atoms with van der Waals surface area (Å²) >= 11 is 1.39. The van der Waals surface area contributed by atoms with Crippen molar-refractivity contribution < 1.29 is 9.18 Å². The van der Waals surface area contributed by atoms with E-state index in [1.54, 1.807) is 6.07 Å².